The van der Waals surface area contributed by atoms with Crippen LogP contribution in [0.3, 0.4) is 0 Å². The van der Waals surface area contributed by atoms with Crippen LogP contribution in [0, 0.1) is 6.92 Å². The van der Waals surface area contributed by atoms with Crippen LogP contribution in [-0.2, 0) is 12.3 Å². The summed E-state index contributed by atoms with van der Waals surface area (Å²) in [5.74, 6) is 1.90. The minimum atomic E-state index is 0.379. The van der Waals surface area contributed by atoms with Gasteiger partial charge in [-0.3, -0.25) is 9.97 Å². The Balaban J connectivity index is 2.27. The summed E-state index contributed by atoms with van der Waals surface area (Å²) in [5.41, 5.74) is 2.75. The Kier molecular flexibility index (Phi) is 4.15. The Bertz CT molecular complexity index is 543. The second-order valence-electron chi connectivity index (χ2n) is 3.97. The van der Waals surface area contributed by atoms with Gasteiger partial charge in [0.15, 0.2) is 0 Å². The zero-order chi connectivity index (χ0) is 13.0. The SMILES string of the molecule is CCc1nc(C)ccc1Oc1ccnc(CCl)c1. The fourth-order valence-corrected chi connectivity index (χ4v) is 1.81. The maximum Gasteiger partial charge on any atom is 0.148 e. The zero-order valence-corrected chi connectivity index (χ0v) is 11.2. The molecule has 0 saturated carbocycles. The lowest BCUT2D eigenvalue weighted by Gasteiger charge is -2.10. The average molecular weight is 263 g/mol. The second-order valence-corrected chi connectivity index (χ2v) is 4.24. The van der Waals surface area contributed by atoms with Gasteiger partial charge in [0.1, 0.15) is 11.5 Å². The molecule has 2 aromatic rings. The van der Waals surface area contributed by atoms with Gasteiger partial charge in [-0.05, 0) is 31.5 Å². The molecule has 0 aliphatic rings. The lowest BCUT2D eigenvalue weighted by atomic mass is 10.2. The smallest absolute Gasteiger partial charge is 0.148 e. The van der Waals surface area contributed by atoms with Crippen molar-refractivity contribution in [2.45, 2.75) is 26.1 Å². The predicted molar refractivity (Wildman–Crippen MR) is 72.2 cm³/mol. The minimum Gasteiger partial charge on any atom is -0.455 e. The van der Waals surface area contributed by atoms with Crippen LogP contribution in [0.5, 0.6) is 11.5 Å². The number of aromatic nitrogens is 2. The van der Waals surface area contributed by atoms with Gasteiger partial charge in [0.25, 0.3) is 0 Å². The first kappa shape index (κ1) is 12.8. The Morgan fingerprint density at radius 3 is 2.83 bits per heavy atom. The Morgan fingerprint density at radius 1 is 1.28 bits per heavy atom. The standard InChI is InChI=1S/C14H15ClN2O/c1-3-13-14(5-4-10(2)17-13)18-12-6-7-16-11(8-12)9-15/h4-8H,3,9H2,1-2H3. The number of halogens is 1. The minimum absolute atomic E-state index is 0.379. The molecule has 0 aliphatic carbocycles. The molecule has 2 rings (SSSR count). The van der Waals surface area contributed by atoms with Gasteiger partial charge in [0.2, 0.25) is 0 Å². The molecule has 4 heteroatoms. The molecule has 0 bridgehead atoms. The highest BCUT2D eigenvalue weighted by atomic mass is 35.5. The van der Waals surface area contributed by atoms with Gasteiger partial charge in [0.05, 0.1) is 17.3 Å². The zero-order valence-electron chi connectivity index (χ0n) is 10.5. The van der Waals surface area contributed by atoms with E-state index >= 15 is 0 Å². The molecule has 18 heavy (non-hydrogen) atoms. The van der Waals surface area contributed by atoms with E-state index in [1.54, 1.807) is 6.20 Å². The summed E-state index contributed by atoms with van der Waals surface area (Å²) in [6.45, 7) is 4.03. The molecule has 0 atom stereocenters. The van der Waals surface area contributed by atoms with Crippen molar-refractivity contribution in [3.05, 3.63) is 47.5 Å². The molecule has 94 valence electrons. The first-order valence-electron chi connectivity index (χ1n) is 5.88. The Hall–Kier alpha value is -1.61. The number of ether oxygens (including phenoxy) is 1. The molecule has 0 aliphatic heterocycles. The van der Waals surface area contributed by atoms with E-state index in [0.717, 1.165) is 35.0 Å². The molecule has 3 nitrogen and oxygen atoms in total. The lowest BCUT2D eigenvalue weighted by molar-refractivity contribution is 0.471. The van der Waals surface area contributed by atoms with Gasteiger partial charge in [0, 0.05) is 18.0 Å². The summed E-state index contributed by atoms with van der Waals surface area (Å²) in [5, 5.41) is 0. The number of nitrogens with zero attached hydrogens (tertiary/aromatic N) is 2. The summed E-state index contributed by atoms with van der Waals surface area (Å²) in [7, 11) is 0. The van der Waals surface area contributed by atoms with Crippen molar-refractivity contribution < 1.29 is 4.74 Å². The van der Waals surface area contributed by atoms with Crippen molar-refractivity contribution in [2.24, 2.45) is 0 Å². The topological polar surface area (TPSA) is 35.0 Å². The first-order chi connectivity index (χ1) is 8.72. The molecule has 0 fully saturated rings. The highest BCUT2D eigenvalue weighted by Gasteiger charge is 2.06. The van der Waals surface area contributed by atoms with Crippen molar-refractivity contribution in [1.29, 1.82) is 0 Å². The van der Waals surface area contributed by atoms with E-state index in [4.69, 9.17) is 16.3 Å². The van der Waals surface area contributed by atoms with Crippen LogP contribution in [0.4, 0.5) is 0 Å². The molecule has 0 amide bonds. The van der Waals surface area contributed by atoms with E-state index in [9.17, 15) is 0 Å². The summed E-state index contributed by atoms with van der Waals surface area (Å²) >= 11 is 5.75. The molecular formula is C14H15ClN2O. The molecule has 0 saturated heterocycles. The monoisotopic (exact) mass is 262 g/mol. The molecule has 2 aromatic heterocycles. The van der Waals surface area contributed by atoms with E-state index in [1.165, 1.54) is 0 Å². The van der Waals surface area contributed by atoms with Crippen molar-refractivity contribution in [1.82, 2.24) is 9.97 Å². The average Bonchev–Trinajstić information content (AvgIpc) is 2.41. The number of alkyl halides is 1. The number of pyridine rings is 2. The second kappa shape index (κ2) is 5.83. The quantitative estimate of drug-likeness (QED) is 0.785. The molecular weight excluding hydrogens is 248 g/mol. The van der Waals surface area contributed by atoms with Gasteiger partial charge in [-0.15, -0.1) is 11.6 Å². The van der Waals surface area contributed by atoms with E-state index < -0.39 is 0 Å². The van der Waals surface area contributed by atoms with Crippen LogP contribution in [-0.4, -0.2) is 9.97 Å². The third-order valence-electron chi connectivity index (χ3n) is 2.56. The molecule has 0 aromatic carbocycles. The molecule has 0 radical (unpaired) electrons. The number of hydrogen-bond donors (Lipinski definition) is 0. The number of hydrogen-bond acceptors (Lipinski definition) is 3. The molecule has 0 unspecified atom stereocenters. The van der Waals surface area contributed by atoms with Crippen LogP contribution in [0.1, 0.15) is 24.0 Å². The Morgan fingerprint density at radius 2 is 2.11 bits per heavy atom. The third kappa shape index (κ3) is 2.99. The fourth-order valence-electron chi connectivity index (χ4n) is 1.66. The van der Waals surface area contributed by atoms with Crippen molar-refractivity contribution in [2.75, 3.05) is 0 Å². The van der Waals surface area contributed by atoms with Gasteiger partial charge in [-0.25, -0.2) is 0 Å². The third-order valence-corrected chi connectivity index (χ3v) is 2.83. The largest absolute Gasteiger partial charge is 0.455 e. The Labute approximate surface area is 112 Å². The van der Waals surface area contributed by atoms with Crippen LogP contribution in [0.2, 0.25) is 0 Å². The van der Waals surface area contributed by atoms with E-state index in [2.05, 4.69) is 16.9 Å². The highest BCUT2D eigenvalue weighted by Crippen LogP contribution is 2.25. The maximum atomic E-state index is 5.84. The lowest BCUT2D eigenvalue weighted by Crippen LogP contribution is -1.96. The van der Waals surface area contributed by atoms with Gasteiger partial charge < -0.3 is 4.74 Å². The van der Waals surface area contributed by atoms with E-state index in [0.29, 0.717) is 5.88 Å². The van der Waals surface area contributed by atoms with Crippen molar-refractivity contribution in [3.8, 4) is 11.5 Å². The summed E-state index contributed by atoms with van der Waals surface area (Å²) in [6.07, 6.45) is 2.53. The number of aryl methyl sites for hydroxylation is 2. The predicted octanol–water partition coefficient (Wildman–Crippen LogP) is 3.88. The van der Waals surface area contributed by atoms with E-state index in [1.807, 2.05) is 31.2 Å². The van der Waals surface area contributed by atoms with Crippen LogP contribution in [0.15, 0.2) is 30.5 Å². The summed E-state index contributed by atoms with van der Waals surface area (Å²) < 4.78 is 5.84. The maximum absolute atomic E-state index is 5.84. The van der Waals surface area contributed by atoms with Crippen molar-refractivity contribution >= 4 is 11.6 Å². The van der Waals surface area contributed by atoms with Gasteiger partial charge in [-0.2, -0.15) is 0 Å². The van der Waals surface area contributed by atoms with Crippen molar-refractivity contribution in [3.63, 3.8) is 0 Å². The van der Waals surface area contributed by atoms with Crippen LogP contribution in [0.25, 0.3) is 0 Å². The molecule has 2 heterocycles. The van der Waals surface area contributed by atoms with Crippen LogP contribution < -0.4 is 4.74 Å². The summed E-state index contributed by atoms with van der Waals surface area (Å²) in [6, 6.07) is 7.54. The highest BCUT2D eigenvalue weighted by molar-refractivity contribution is 6.16. The van der Waals surface area contributed by atoms with Gasteiger partial charge in [-0.1, -0.05) is 6.92 Å². The van der Waals surface area contributed by atoms with E-state index in [-0.39, 0.29) is 0 Å². The van der Waals surface area contributed by atoms with Gasteiger partial charge >= 0.3 is 0 Å². The van der Waals surface area contributed by atoms with Crippen LogP contribution >= 0.6 is 11.6 Å². The first-order valence-corrected chi connectivity index (χ1v) is 6.41. The normalized spacial score (nSPS) is 10.4. The summed E-state index contributed by atoms with van der Waals surface area (Å²) in [4.78, 5) is 8.59. The molecule has 0 spiro atoms. The molecule has 0 N–H and O–H groups in total. The fraction of sp³-hybridized carbons (Fsp3) is 0.286. The number of rotatable bonds is 4.